The summed E-state index contributed by atoms with van der Waals surface area (Å²) in [5.74, 6) is 6.35. The molecule has 0 bridgehead atoms. The van der Waals surface area contributed by atoms with E-state index in [1.165, 1.54) is 10.9 Å². The maximum absolute atomic E-state index is 10.2. The Labute approximate surface area is 164 Å². The number of aromatic nitrogens is 4. The summed E-state index contributed by atoms with van der Waals surface area (Å²) in [7, 11) is 0. The fraction of sp³-hybridized carbons (Fsp3) is 0.211. The van der Waals surface area contributed by atoms with Crippen LogP contribution >= 0.6 is 0 Å². The van der Waals surface area contributed by atoms with Crippen molar-refractivity contribution in [2.75, 3.05) is 12.3 Å². The Morgan fingerprint density at radius 3 is 2.76 bits per heavy atom. The highest BCUT2D eigenvalue weighted by Gasteiger charge is 2.42. The molecule has 1 aromatic carbocycles. The van der Waals surface area contributed by atoms with Gasteiger partial charge in [-0.3, -0.25) is 4.57 Å². The number of imidazole rings is 1. The number of hydrogen-bond acceptors (Lipinski definition) is 9. The fourth-order valence-corrected chi connectivity index (χ4v) is 2.86. The van der Waals surface area contributed by atoms with Crippen LogP contribution in [0.15, 0.2) is 48.7 Å². The van der Waals surface area contributed by atoms with E-state index in [1.54, 1.807) is 0 Å². The second kappa shape index (κ2) is 7.67. The molecule has 10 nitrogen and oxygen atoms in total. The molecule has 4 rings (SSSR count). The van der Waals surface area contributed by atoms with Gasteiger partial charge in [-0.1, -0.05) is 24.1 Å². The van der Waals surface area contributed by atoms with Gasteiger partial charge in [0.2, 0.25) is 12.1 Å². The van der Waals surface area contributed by atoms with E-state index in [2.05, 4.69) is 26.8 Å². The molecule has 29 heavy (non-hydrogen) atoms. The first-order valence-corrected chi connectivity index (χ1v) is 8.62. The molecule has 0 aliphatic carbocycles. The van der Waals surface area contributed by atoms with Crippen LogP contribution in [0.3, 0.4) is 0 Å². The number of aliphatic hydroxyl groups excluding tert-OH is 3. The van der Waals surface area contributed by atoms with Gasteiger partial charge in [0.25, 0.3) is 0 Å². The van der Waals surface area contributed by atoms with Gasteiger partial charge in [-0.25, -0.2) is 15.0 Å². The topological polar surface area (TPSA) is 149 Å². The predicted octanol–water partition coefficient (Wildman–Crippen LogP) is 0.489. The highest BCUT2D eigenvalue weighted by Crippen LogP contribution is 2.33. The van der Waals surface area contributed by atoms with Crippen LogP contribution in [0.25, 0.3) is 11.2 Å². The Hall–Kier alpha value is -3.81. The fourth-order valence-electron chi connectivity index (χ4n) is 2.86. The number of anilines is 1. The summed E-state index contributed by atoms with van der Waals surface area (Å²) < 4.78 is 12.3. The van der Waals surface area contributed by atoms with Crippen molar-refractivity contribution in [1.29, 1.82) is 0 Å². The van der Waals surface area contributed by atoms with Gasteiger partial charge >= 0.3 is 0 Å². The molecule has 1 saturated heterocycles. The minimum absolute atomic E-state index is 0.105. The third kappa shape index (κ3) is 3.52. The first kappa shape index (κ1) is 18.5. The Balaban J connectivity index is 1.60. The van der Waals surface area contributed by atoms with E-state index in [0.717, 1.165) is 0 Å². The number of aliphatic hydroxyl groups is 3. The number of nitrogen functional groups attached to an aromatic ring is 1. The van der Waals surface area contributed by atoms with E-state index < -0.39 is 18.4 Å². The summed E-state index contributed by atoms with van der Waals surface area (Å²) in [5.41, 5.74) is 6.51. The van der Waals surface area contributed by atoms with E-state index >= 15 is 0 Å². The number of benzene rings is 1. The number of ether oxygens (including phenoxy) is 2. The summed E-state index contributed by atoms with van der Waals surface area (Å²) in [4.78, 5) is 12.6. The molecule has 1 fully saturated rings. The SMILES string of the molecule is Nc1nc(C#CCOc2ccccc2)nc2c1ncn2[C@@H]1O/C(=C/O)[C@@H](O)[C@H]1O. The van der Waals surface area contributed by atoms with Crippen LogP contribution in [0.5, 0.6) is 5.75 Å². The summed E-state index contributed by atoms with van der Waals surface area (Å²) in [5, 5.41) is 29.2. The van der Waals surface area contributed by atoms with Crippen molar-refractivity contribution in [3.63, 3.8) is 0 Å². The Morgan fingerprint density at radius 1 is 1.24 bits per heavy atom. The van der Waals surface area contributed by atoms with E-state index in [0.29, 0.717) is 17.5 Å². The molecule has 1 aliphatic rings. The highest BCUT2D eigenvalue weighted by atomic mass is 16.6. The molecule has 0 saturated carbocycles. The lowest BCUT2D eigenvalue weighted by atomic mass is 10.2. The van der Waals surface area contributed by atoms with Gasteiger partial charge in [-0.2, -0.15) is 0 Å². The summed E-state index contributed by atoms with van der Waals surface area (Å²) in [6, 6.07) is 9.23. The molecule has 0 amide bonds. The molecule has 148 valence electrons. The van der Waals surface area contributed by atoms with Crippen LogP contribution in [0.1, 0.15) is 12.1 Å². The number of fused-ring (bicyclic) bond motifs is 1. The minimum Gasteiger partial charge on any atom is -0.512 e. The second-order valence-corrected chi connectivity index (χ2v) is 6.14. The summed E-state index contributed by atoms with van der Waals surface area (Å²) >= 11 is 0. The van der Waals surface area contributed by atoms with Gasteiger partial charge in [0.1, 0.15) is 42.7 Å². The standard InChI is InChI=1S/C19H17N5O5/c20-17-14-18(24(10-21-14)19-16(27)15(26)12(9-25)29-19)23-13(22-17)7-4-8-28-11-5-2-1-3-6-11/h1-3,5-6,9-10,15-16,19,25-27H,8H2,(H2,20,22,23)/b12-9+/t15-,16-,19-/m1/s1. The average molecular weight is 395 g/mol. The normalized spacial score (nSPS) is 22.3. The molecular weight excluding hydrogens is 378 g/mol. The van der Waals surface area contributed by atoms with Crippen LogP contribution < -0.4 is 10.5 Å². The third-order valence-corrected chi connectivity index (χ3v) is 4.27. The van der Waals surface area contributed by atoms with Gasteiger partial charge < -0.3 is 30.5 Å². The van der Waals surface area contributed by atoms with E-state index in [4.69, 9.17) is 20.3 Å². The third-order valence-electron chi connectivity index (χ3n) is 4.27. The maximum atomic E-state index is 10.2. The van der Waals surface area contributed by atoms with Crippen molar-refractivity contribution in [2.45, 2.75) is 18.4 Å². The largest absolute Gasteiger partial charge is 0.512 e. The Kier molecular flexibility index (Phi) is 4.90. The van der Waals surface area contributed by atoms with Crippen LogP contribution in [0.2, 0.25) is 0 Å². The van der Waals surface area contributed by atoms with Crippen LogP contribution in [0, 0.1) is 11.8 Å². The summed E-state index contributed by atoms with van der Waals surface area (Å²) in [6.45, 7) is 0.131. The van der Waals surface area contributed by atoms with Crippen molar-refractivity contribution in [3.8, 4) is 17.6 Å². The molecule has 2 aromatic heterocycles. The van der Waals surface area contributed by atoms with E-state index in [9.17, 15) is 10.2 Å². The van der Waals surface area contributed by atoms with Gasteiger partial charge in [0.15, 0.2) is 17.2 Å². The monoisotopic (exact) mass is 395 g/mol. The Bertz CT molecular complexity index is 1120. The molecule has 3 aromatic rings. The molecule has 0 spiro atoms. The Morgan fingerprint density at radius 2 is 2.03 bits per heavy atom. The average Bonchev–Trinajstić information content (AvgIpc) is 3.28. The smallest absolute Gasteiger partial charge is 0.209 e. The number of hydrogen-bond donors (Lipinski definition) is 4. The first-order chi connectivity index (χ1) is 14.1. The molecule has 0 radical (unpaired) electrons. The van der Waals surface area contributed by atoms with Gasteiger partial charge in [0, 0.05) is 0 Å². The first-order valence-electron chi connectivity index (χ1n) is 8.62. The van der Waals surface area contributed by atoms with Crippen LogP contribution in [0.4, 0.5) is 5.82 Å². The van der Waals surface area contributed by atoms with Crippen molar-refractivity contribution in [2.24, 2.45) is 0 Å². The van der Waals surface area contributed by atoms with Crippen molar-refractivity contribution < 1.29 is 24.8 Å². The van der Waals surface area contributed by atoms with Gasteiger partial charge in [0.05, 0.1) is 0 Å². The number of rotatable bonds is 3. The lowest BCUT2D eigenvalue weighted by Gasteiger charge is -2.15. The van der Waals surface area contributed by atoms with Gasteiger partial charge in [-0.15, -0.1) is 0 Å². The molecule has 0 unspecified atom stereocenters. The molecule has 3 heterocycles. The second-order valence-electron chi connectivity index (χ2n) is 6.14. The molecule has 5 N–H and O–H groups in total. The molecular formula is C19H17N5O5. The predicted molar refractivity (Wildman–Crippen MR) is 101 cm³/mol. The maximum Gasteiger partial charge on any atom is 0.209 e. The minimum atomic E-state index is -1.38. The zero-order valence-electron chi connectivity index (χ0n) is 15.0. The summed E-state index contributed by atoms with van der Waals surface area (Å²) in [6.07, 6.45) is -1.82. The zero-order chi connectivity index (χ0) is 20.4. The highest BCUT2D eigenvalue weighted by molar-refractivity contribution is 5.82. The van der Waals surface area contributed by atoms with Gasteiger partial charge in [-0.05, 0) is 18.1 Å². The van der Waals surface area contributed by atoms with Crippen LogP contribution in [-0.2, 0) is 4.74 Å². The molecule has 1 aliphatic heterocycles. The van der Waals surface area contributed by atoms with Crippen molar-refractivity contribution >= 4 is 17.0 Å². The van der Waals surface area contributed by atoms with Crippen LogP contribution in [-0.4, -0.2) is 53.7 Å². The lowest BCUT2D eigenvalue weighted by molar-refractivity contribution is -0.0121. The zero-order valence-corrected chi connectivity index (χ0v) is 15.0. The van der Waals surface area contributed by atoms with Crippen molar-refractivity contribution in [3.05, 3.63) is 54.5 Å². The number of nitrogens with zero attached hydrogens (tertiary/aromatic N) is 4. The van der Waals surface area contributed by atoms with E-state index in [-0.39, 0.29) is 29.7 Å². The number of nitrogens with two attached hydrogens (primary N) is 1. The number of para-hydroxylation sites is 1. The quantitative estimate of drug-likeness (QED) is 0.367. The molecule has 3 atom stereocenters. The molecule has 10 heteroatoms. The van der Waals surface area contributed by atoms with Crippen molar-refractivity contribution in [1.82, 2.24) is 19.5 Å². The van der Waals surface area contributed by atoms with E-state index in [1.807, 2.05) is 30.3 Å². The lowest BCUT2D eigenvalue weighted by Crippen LogP contribution is -2.27.